The molecule has 0 unspecified atom stereocenters. The zero-order valence-electron chi connectivity index (χ0n) is 30.1. The highest BCUT2D eigenvalue weighted by Crippen LogP contribution is 2.43. The zero-order valence-corrected chi connectivity index (χ0v) is 30.1. The fraction of sp³-hybridized carbons (Fsp3) is 0. The summed E-state index contributed by atoms with van der Waals surface area (Å²) in [5.41, 5.74) is 14.3. The second-order valence-corrected chi connectivity index (χ2v) is 14.0. The summed E-state index contributed by atoms with van der Waals surface area (Å²) in [5.74, 6) is 0.629. The van der Waals surface area contributed by atoms with Crippen molar-refractivity contribution >= 4 is 43.9 Å². The first-order chi connectivity index (χ1) is 27.7. The molecule has 0 amide bonds. The van der Waals surface area contributed by atoms with Crippen LogP contribution in [0, 0.1) is 0 Å². The molecule has 0 bridgehead atoms. The van der Waals surface area contributed by atoms with Crippen LogP contribution < -0.4 is 0 Å². The summed E-state index contributed by atoms with van der Waals surface area (Å²) < 4.78 is 12.7. The lowest BCUT2D eigenvalue weighted by Gasteiger charge is -2.14. The summed E-state index contributed by atoms with van der Waals surface area (Å²) in [6.45, 7) is 0. The van der Waals surface area contributed by atoms with E-state index in [2.05, 4.69) is 120 Å². The van der Waals surface area contributed by atoms with Crippen molar-refractivity contribution in [2.24, 2.45) is 0 Å². The highest BCUT2D eigenvalue weighted by atomic mass is 16.3. The molecule has 11 aromatic rings. The third kappa shape index (κ3) is 5.45. The van der Waals surface area contributed by atoms with E-state index >= 15 is 0 Å². The van der Waals surface area contributed by atoms with Crippen molar-refractivity contribution in [2.45, 2.75) is 0 Å². The molecule has 5 heteroatoms. The molecule has 0 aliphatic carbocycles. The first-order valence-electron chi connectivity index (χ1n) is 18.7. The number of benzene rings is 7. The van der Waals surface area contributed by atoms with E-state index in [1.54, 1.807) is 6.20 Å². The van der Waals surface area contributed by atoms with Gasteiger partial charge in [-0.3, -0.25) is 4.98 Å². The second-order valence-electron chi connectivity index (χ2n) is 14.0. The Morgan fingerprint density at radius 1 is 0.339 bits per heavy atom. The van der Waals surface area contributed by atoms with Gasteiger partial charge in [0, 0.05) is 56.2 Å². The molecule has 0 aliphatic heterocycles. The number of fused-ring (bicyclic) bond motifs is 6. The lowest BCUT2D eigenvalue weighted by atomic mass is 9.91. The van der Waals surface area contributed by atoms with Crippen molar-refractivity contribution in [3.63, 3.8) is 0 Å². The highest BCUT2D eigenvalue weighted by Gasteiger charge is 2.19. The van der Waals surface area contributed by atoms with E-state index in [4.69, 9.17) is 18.8 Å². The molecule has 5 nitrogen and oxygen atoms in total. The molecule has 56 heavy (non-hydrogen) atoms. The van der Waals surface area contributed by atoms with Gasteiger partial charge in [0.15, 0.2) is 5.82 Å². The minimum atomic E-state index is 0.629. The molecule has 0 spiro atoms. The van der Waals surface area contributed by atoms with E-state index in [1.165, 1.54) is 0 Å². The van der Waals surface area contributed by atoms with Crippen molar-refractivity contribution in [1.82, 2.24) is 15.0 Å². The standard InChI is InChI=1S/C51H31N3O2/c1-2-12-32(13-3-1)43-30-44(34-15-8-14-33(26-34)35-16-11-25-52-31-35)54-51(53-43)38-28-36(39-19-9-23-47-49(39)41-17-4-6-21-45(41)55-47)27-37(29-38)40-20-10-24-48-50(40)42-18-5-7-22-46(42)56-48/h1-31H. The van der Waals surface area contributed by atoms with Crippen LogP contribution in [0.1, 0.15) is 0 Å². The Kier molecular flexibility index (Phi) is 7.42. The molecule has 7 aromatic carbocycles. The molecule has 0 aliphatic rings. The van der Waals surface area contributed by atoms with E-state index in [0.717, 1.165) is 105 Å². The number of aromatic nitrogens is 3. The maximum atomic E-state index is 6.37. The van der Waals surface area contributed by atoms with E-state index in [-0.39, 0.29) is 0 Å². The molecule has 4 aromatic heterocycles. The number of nitrogens with zero attached hydrogens (tertiary/aromatic N) is 3. The van der Waals surface area contributed by atoms with Gasteiger partial charge in [-0.2, -0.15) is 0 Å². The third-order valence-electron chi connectivity index (χ3n) is 10.6. The number of pyridine rings is 1. The normalized spacial score (nSPS) is 11.6. The van der Waals surface area contributed by atoms with Gasteiger partial charge < -0.3 is 8.83 Å². The van der Waals surface area contributed by atoms with Crippen LogP contribution in [0.4, 0.5) is 0 Å². The molecule has 11 rings (SSSR count). The predicted molar refractivity (Wildman–Crippen MR) is 227 cm³/mol. The lowest BCUT2D eigenvalue weighted by Crippen LogP contribution is -1.97. The Morgan fingerprint density at radius 2 is 0.839 bits per heavy atom. The highest BCUT2D eigenvalue weighted by molar-refractivity contribution is 6.14. The van der Waals surface area contributed by atoms with E-state index in [9.17, 15) is 0 Å². The SMILES string of the molecule is c1ccc(-c2cc(-c3cccc(-c4cccnc4)c3)nc(-c3cc(-c4cccc5oc6ccccc6c45)cc(-c4cccc5oc6ccccc6c45)c3)n2)cc1. The molecular weight excluding hydrogens is 687 g/mol. The molecule has 262 valence electrons. The van der Waals surface area contributed by atoms with Crippen LogP contribution >= 0.6 is 0 Å². The topological polar surface area (TPSA) is 65.0 Å². The average Bonchev–Trinajstić information content (AvgIpc) is 3.86. The molecule has 4 heterocycles. The smallest absolute Gasteiger partial charge is 0.160 e. The maximum Gasteiger partial charge on any atom is 0.160 e. The van der Waals surface area contributed by atoms with E-state index in [1.807, 2.05) is 66.9 Å². The first kappa shape index (κ1) is 31.9. The Hall–Kier alpha value is -7.63. The quantitative estimate of drug-likeness (QED) is 0.171. The van der Waals surface area contributed by atoms with Crippen LogP contribution in [0.3, 0.4) is 0 Å². The van der Waals surface area contributed by atoms with E-state index in [0.29, 0.717) is 5.82 Å². The summed E-state index contributed by atoms with van der Waals surface area (Å²) in [6, 6.07) is 60.7. The largest absolute Gasteiger partial charge is 0.456 e. The second kappa shape index (κ2) is 13.0. The summed E-state index contributed by atoms with van der Waals surface area (Å²) in [4.78, 5) is 15.0. The Labute approximate surface area is 322 Å². The Bertz CT molecular complexity index is 3120. The van der Waals surface area contributed by atoms with Gasteiger partial charge >= 0.3 is 0 Å². The van der Waals surface area contributed by atoms with Gasteiger partial charge in [0.2, 0.25) is 0 Å². The Balaban J connectivity index is 1.18. The van der Waals surface area contributed by atoms with Crippen LogP contribution in [0.2, 0.25) is 0 Å². The molecule has 0 saturated heterocycles. The number of furan rings is 2. The van der Waals surface area contributed by atoms with Crippen LogP contribution in [0.15, 0.2) is 197 Å². The van der Waals surface area contributed by atoms with Crippen molar-refractivity contribution in [3.8, 4) is 67.3 Å². The van der Waals surface area contributed by atoms with Gasteiger partial charge in [0.1, 0.15) is 22.3 Å². The van der Waals surface area contributed by atoms with Crippen LogP contribution in [0.5, 0.6) is 0 Å². The molecular formula is C51H31N3O2. The fourth-order valence-electron chi connectivity index (χ4n) is 7.97. The van der Waals surface area contributed by atoms with Crippen molar-refractivity contribution in [2.75, 3.05) is 0 Å². The molecule has 0 atom stereocenters. The zero-order chi connectivity index (χ0) is 37.0. The molecule has 0 N–H and O–H groups in total. The van der Waals surface area contributed by atoms with Gasteiger partial charge in [-0.1, -0.05) is 115 Å². The van der Waals surface area contributed by atoms with Crippen LogP contribution in [-0.2, 0) is 0 Å². The molecule has 0 saturated carbocycles. The van der Waals surface area contributed by atoms with Crippen molar-refractivity contribution < 1.29 is 8.83 Å². The van der Waals surface area contributed by atoms with Gasteiger partial charge in [-0.05, 0) is 88.5 Å². The maximum absolute atomic E-state index is 6.37. The third-order valence-corrected chi connectivity index (χ3v) is 10.6. The van der Waals surface area contributed by atoms with Crippen LogP contribution in [-0.4, -0.2) is 15.0 Å². The van der Waals surface area contributed by atoms with Crippen molar-refractivity contribution in [1.29, 1.82) is 0 Å². The van der Waals surface area contributed by atoms with Crippen LogP contribution in [0.25, 0.3) is 111 Å². The molecule has 0 fully saturated rings. The average molecular weight is 718 g/mol. The Morgan fingerprint density at radius 3 is 1.48 bits per heavy atom. The summed E-state index contributed by atoms with van der Waals surface area (Å²) >= 11 is 0. The minimum absolute atomic E-state index is 0.629. The first-order valence-corrected chi connectivity index (χ1v) is 18.7. The predicted octanol–water partition coefficient (Wildman–Crippen LogP) is 13.7. The van der Waals surface area contributed by atoms with Crippen molar-refractivity contribution in [3.05, 3.63) is 188 Å². The number of hydrogen-bond donors (Lipinski definition) is 0. The summed E-state index contributed by atoms with van der Waals surface area (Å²) in [5, 5.41) is 4.30. The number of hydrogen-bond acceptors (Lipinski definition) is 5. The minimum Gasteiger partial charge on any atom is -0.456 e. The van der Waals surface area contributed by atoms with Gasteiger partial charge in [0.25, 0.3) is 0 Å². The lowest BCUT2D eigenvalue weighted by molar-refractivity contribution is 0.668. The van der Waals surface area contributed by atoms with Gasteiger partial charge in [0.05, 0.1) is 11.4 Å². The fourth-order valence-corrected chi connectivity index (χ4v) is 7.97. The van der Waals surface area contributed by atoms with E-state index < -0.39 is 0 Å². The van der Waals surface area contributed by atoms with Gasteiger partial charge in [-0.25, -0.2) is 9.97 Å². The monoisotopic (exact) mass is 717 g/mol. The number of para-hydroxylation sites is 2. The summed E-state index contributed by atoms with van der Waals surface area (Å²) in [7, 11) is 0. The van der Waals surface area contributed by atoms with Gasteiger partial charge in [-0.15, -0.1) is 0 Å². The molecule has 0 radical (unpaired) electrons. The summed E-state index contributed by atoms with van der Waals surface area (Å²) in [6.07, 6.45) is 3.68. The number of rotatable bonds is 6.